The van der Waals surface area contributed by atoms with Gasteiger partial charge in [-0.15, -0.1) is 11.3 Å². The summed E-state index contributed by atoms with van der Waals surface area (Å²) in [5, 5.41) is 9.80. The summed E-state index contributed by atoms with van der Waals surface area (Å²) in [5.41, 5.74) is 11.0. The number of para-hydroxylation sites is 1. The van der Waals surface area contributed by atoms with Crippen molar-refractivity contribution in [1.29, 1.82) is 0 Å². The average Bonchev–Trinajstić information content (AvgIpc) is 3.68. The Morgan fingerprint density at radius 1 is 0.439 bits per heavy atom. The Morgan fingerprint density at radius 3 is 1.74 bits per heavy atom. The van der Waals surface area contributed by atoms with E-state index in [0.717, 1.165) is 50.7 Å². The number of hydrogen-bond donors (Lipinski definition) is 1. The number of thiophene rings is 1. The van der Waals surface area contributed by atoms with Crippen molar-refractivity contribution in [2.45, 2.75) is 6.17 Å². The number of rotatable bonds is 6. The van der Waals surface area contributed by atoms with Crippen LogP contribution in [0.3, 0.4) is 0 Å². The molecule has 1 N–H and O–H groups in total. The smallest absolute Gasteiger partial charge is 0.159 e. The number of hydrogen-bond acceptors (Lipinski definition) is 5. The van der Waals surface area contributed by atoms with E-state index in [2.05, 4.69) is 163 Å². The number of nitrogens with zero attached hydrogens (tertiary/aromatic N) is 3. The molecule has 57 heavy (non-hydrogen) atoms. The quantitative estimate of drug-likeness (QED) is 0.172. The minimum Gasteiger partial charge on any atom is -0.344 e. The molecule has 0 spiro atoms. The largest absolute Gasteiger partial charge is 0.344 e. The van der Waals surface area contributed by atoms with Crippen LogP contribution in [-0.2, 0) is 0 Å². The molecule has 0 fully saturated rings. The van der Waals surface area contributed by atoms with E-state index in [1.807, 2.05) is 47.7 Å². The Kier molecular flexibility index (Phi) is 8.04. The second-order valence-electron chi connectivity index (χ2n) is 14.4. The lowest BCUT2D eigenvalue weighted by molar-refractivity contribution is 0.674. The third-order valence-electron chi connectivity index (χ3n) is 10.9. The van der Waals surface area contributed by atoms with Crippen LogP contribution in [0.25, 0.3) is 75.4 Å². The van der Waals surface area contributed by atoms with Crippen LogP contribution in [0.5, 0.6) is 0 Å². The molecule has 0 saturated heterocycles. The molecule has 1 unspecified atom stereocenters. The number of aliphatic imine (C=N–C) groups is 2. The average molecular weight is 747 g/mol. The summed E-state index contributed by atoms with van der Waals surface area (Å²) in [6, 6.07) is 68.6. The van der Waals surface area contributed by atoms with Gasteiger partial charge in [0.2, 0.25) is 0 Å². The van der Waals surface area contributed by atoms with Crippen LogP contribution in [0.15, 0.2) is 204 Å². The zero-order valence-corrected chi connectivity index (χ0v) is 31.6. The van der Waals surface area contributed by atoms with Crippen LogP contribution < -0.4 is 5.32 Å². The predicted octanol–water partition coefficient (Wildman–Crippen LogP) is 13.3. The summed E-state index contributed by atoms with van der Waals surface area (Å²) in [4.78, 5) is 15.1. The van der Waals surface area contributed by atoms with Crippen molar-refractivity contribution in [2.75, 3.05) is 0 Å². The van der Waals surface area contributed by atoms with Crippen molar-refractivity contribution in [3.63, 3.8) is 0 Å². The van der Waals surface area contributed by atoms with Gasteiger partial charge < -0.3 is 5.32 Å². The Hall–Kier alpha value is -7.21. The molecule has 1 atom stereocenters. The van der Waals surface area contributed by atoms with Gasteiger partial charge in [0.15, 0.2) is 5.84 Å². The van der Waals surface area contributed by atoms with Crippen LogP contribution in [0.2, 0.25) is 0 Å². The molecule has 10 aromatic rings. The van der Waals surface area contributed by atoms with Crippen molar-refractivity contribution in [3.8, 4) is 33.5 Å². The van der Waals surface area contributed by atoms with Crippen LogP contribution in [0, 0.1) is 0 Å². The normalized spacial score (nSPS) is 14.1. The summed E-state index contributed by atoms with van der Waals surface area (Å²) in [6.07, 6.45) is -0.226. The van der Waals surface area contributed by atoms with Gasteiger partial charge in [-0.3, -0.25) is 0 Å². The highest BCUT2D eigenvalue weighted by atomic mass is 32.1. The highest BCUT2D eigenvalue weighted by Crippen LogP contribution is 2.44. The van der Waals surface area contributed by atoms with E-state index in [4.69, 9.17) is 15.0 Å². The van der Waals surface area contributed by atoms with Crippen molar-refractivity contribution in [3.05, 3.63) is 211 Å². The number of benzene rings is 8. The second kappa shape index (κ2) is 13.8. The van der Waals surface area contributed by atoms with E-state index in [-0.39, 0.29) is 6.17 Å². The van der Waals surface area contributed by atoms with E-state index in [1.165, 1.54) is 53.0 Å². The topological polar surface area (TPSA) is 49.6 Å². The molecule has 3 heterocycles. The minimum atomic E-state index is -0.226. The van der Waals surface area contributed by atoms with Gasteiger partial charge in [-0.1, -0.05) is 176 Å². The Bertz CT molecular complexity index is 3170. The van der Waals surface area contributed by atoms with Crippen molar-refractivity contribution >= 4 is 64.9 Å². The molecule has 0 radical (unpaired) electrons. The third-order valence-corrected chi connectivity index (χ3v) is 12.2. The van der Waals surface area contributed by atoms with E-state index in [0.29, 0.717) is 0 Å². The van der Waals surface area contributed by atoms with Gasteiger partial charge in [0.05, 0.1) is 11.2 Å². The van der Waals surface area contributed by atoms with E-state index in [9.17, 15) is 0 Å². The Morgan fingerprint density at radius 2 is 1.02 bits per heavy atom. The highest BCUT2D eigenvalue weighted by molar-refractivity contribution is 7.26. The molecule has 1 aliphatic heterocycles. The van der Waals surface area contributed by atoms with Gasteiger partial charge in [-0.25, -0.2) is 15.0 Å². The molecular weight excluding hydrogens is 713 g/mol. The fraction of sp³-hybridized carbons (Fsp3) is 0.0192. The maximum Gasteiger partial charge on any atom is 0.159 e. The molecule has 4 nitrogen and oxygen atoms in total. The highest BCUT2D eigenvalue weighted by Gasteiger charge is 2.21. The van der Waals surface area contributed by atoms with Crippen LogP contribution in [0.1, 0.15) is 22.9 Å². The van der Waals surface area contributed by atoms with Gasteiger partial charge in [0.25, 0.3) is 0 Å². The standard InChI is InChI=1S/C52H34N4S/c1-4-12-36(13-5-1)48-43-30-29-41-44-32-40(28-31-46(44)57-49(41)47(43)42-18-10-11-19-45(42)53-48)35-22-20-33(21-23-35)34-24-26-39(27-25-34)52-55-50(37-14-6-2-7-15-37)54-51(56-52)38-16-8-3-9-17-38/h1-32,50H,(H,54,55,56). The molecule has 0 bridgehead atoms. The van der Waals surface area contributed by atoms with Gasteiger partial charge in [0, 0.05) is 53.0 Å². The summed E-state index contributed by atoms with van der Waals surface area (Å²) < 4.78 is 2.59. The molecule has 0 aliphatic carbocycles. The summed E-state index contributed by atoms with van der Waals surface area (Å²) >= 11 is 1.88. The predicted molar refractivity (Wildman–Crippen MR) is 240 cm³/mol. The molecule has 11 rings (SSSR count). The maximum absolute atomic E-state index is 5.16. The molecule has 2 aromatic heterocycles. The number of nitrogens with one attached hydrogen (secondary N) is 1. The molecule has 8 aromatic carbocycles. The first-order valence-electron chi connectivity index (χ1n) is 19.2. The molecular formula is C52H34N4S. The van der Waals surface area contributed by atoms with Crippen LogP contribution in [0.4, 0.5) is 0 Å². The van der Waals surface area contributed by atoms with Crippen molar-refractivity contribution in [2.24, 2.45) is 9.98 Å². The first-order chi connectivity index (χ1) is 28.2. The van der Waals surface area contributed by atoms with E-state index < -0.39 is 0 Å². The lowest BCUT2D eigenvalue weighted by atomic mass is 9.96. The van der Waals surface area contributed by atoms with E-state index in [1.54, 1.807) is 0 Å². The summed E-state index contributed by atoms with van der Waals surface area (Å²) in [7, 11) is 0. The number of aromatic nitrogens is 1. The number of amidine groups is 2. The molecule has 0 saturated carbocycles. The van der Waals surface area contributed by atoms with Gasteiger partial charge in [-0.2, -0.15) is 0 Å². The maximum atomic E-state index is 5.16. The Labute approximate surface area is 334 Å². The fourth-order valence-corrected chi connectivity index (χ4v) is 9.30. The lowest BCUT2D eigenvalue weighted by Gasteiger charge is -2.23. The van der Waals surface area contributed by atoms with E-state index >= 15 is 0 Å². The second-order valence-corrected chi connectivity index (χ2v) is 15.5. The lowest BCUT2D eigenvalue weighted by Crippen LogP contribution is -2.33. The SMILES string of the molecule is c1ccc(C2=NC(c3ccccc3)NC(c3ccc(-c4ccc(-c5ccc6sc7c(ccc8c(-c9ccccc9)nc9ccccc9c87)c6c5)cc4)cc3)=N2)cc1. The zero-order valence-electron chi connectivity index (χ0n) is 30.8. The molecule has 1 aliphatic rings. The van der Waals surface area contributed by atoms with Crippen molar-refractivity contribution < 1.29 is 0 Å². The van der Waals surface area contributed by atoms with Gasteiger partial charge >= 0.3 is 0 Å². The molecule has 0 amide bonds. The van der Waals surface area contributed by atoms with Crippen LogP contribution in [-0.4, -0.2) is 16.7 Å². The first kappa shape index (κ1) is 33.2. The molecule has 5 heteroatoms. The zero-order chi connectivity index (χ0) is 37.7. The van der Waals surface area contributed by atoms with Gasteiger partial charge in [0.1, 0.15) is 12.0 Å². The summed E-state index contributed by atoms with van der Waals surface area (Å²) in [6.45, 7) is 0. The fourth-order valence-electron chi connectivity index (χ4n) is 8.06. The van der Waals surface area contributed by atoms with Crippen LogP contribution >= 0.6 is 11.3 Å². The molecule has 268 valence electrons. The summed E-state index contributed by atoms with van der Waals surface area (Å²) in [5.74, 6) is 1.54. The third kappa shape index (κ3) is 5.97. The monoisotopic (exact) mass is 746 g/mol. The van der Waals surface area contributed by atoms with Gasteiger partial charge in [-0.05, 0) is 46.0 Å². The first-order valence-corrected chi connectivity index (χ1v) is 20.0. The number of fused-ring (bicyclic) bond motifs is 7. The number of pyridine rings is 1. The minimum absolute atomic E-state index is 0.226. The van der Waals surface area contributed by atoms with Crippen molar-refractivity contribution in [1.82, 2.24) is 10.3 Å². The Balaban J connectivity index is 0.911.